The first-order valence-corrected chi connectivity index (χ1v) is 4.62. The lowest BCUT2D eigenvalue weighted by molar-refractivity contribution is -0.141. The maximum atomic E-state index is 13.0. The number of hydrogen-bond acceptors (Lipinski definition) is 4. The maximum absolute atomic E-state index is 13.0. The van der Waals surface area contributed by atoms with E-state index in [0.717, 1.165) is 6.20 Å². The van der Waals surface area contributed by atoms with Gasteiger partial charge in [-0.1, -0.05) is 0 Å². The molecule has 1 aromatic rings. The van der Waals surface area contributed by atoms with Gasteiger partial charge < -0.3 is 15.3 Å². The van der Waals surface area contributed by atoms with Crippen LogP contribution in [0.4, 0.5) is 4.39 Å². The Labute approximate surface area is 91.2 Å². The Morgan fingerprint density at radius 1 is 1.56 bits per heavy atom. The predicted octanol–water partition coefficient (Wildman–Crippen LogP) is 0.398. The van der Waals surface area contributed by atoms with E-state index in [9.17, 15) is 19.4 Å². The van der Waals surface area contributed by atoms with Gasteiger partial charge in [0.15, 0.2) is 0 Å². The third-order valence-corrected chi connectivity index (χ3v) is 2.25. The maximum Gasteiger partial charge on any atom is 0.306 e. The van der Waals surface area contributed by atoms with Gasteiger partial charge in [0.2, 0.25) is 5.95 Å². The third kappa shape index (κ3) is 2.74. The van der Waals surface area contributed by atoms with Crippen LogP contribution in [0.2, 0.25) is 0 Å². The number of halogens is 1. The summed E-state index contributed by atoms with van der Waals surface area (Å²) in [6, 6.07) is 1.34. The molecule has 0 aliphatic heterocycles. The van der Waals surface area contributed by atoms with E-state index in [2.05, 4.69) is 4.98 Å². The van der Waals surface area contributed by atoms with Crippen molar-refractivity contribution in [1.82, 2.24) is 4.98 Å². The van der Waals surface area contributed by atoms with Crippen LogP contribution in [-0.2, 0) is 4.79 Å². The van der Waals surface area contributed by atoms with Crippen LogP contribution in [0.5, 0.6) is 0 Å². The standard InChI is InChI=1S/C10H12FNO4/c1-5-6(2-3-12-10(5)11)9(16)7(13)4-8(14)15/h2-3,7,9,13,16H,4H2,1H3,(H,14,15). The average molecular weight is 229 g/mol. The van der Waals surface area contributed by atoms with Crippen LogP contribution >= 0.6 is 0 Å². The first kappa shape index (κ1) is 12.5. The first-order chi connectivity index (χ1) is 7.43. The molecule has 16 heavy (non-hydrogen) atoms. The molecular weight excluding hydrogens is 217 g/mol. The molecule has 6 heteroatoms. The molecule has 1 heterocycles. The molecule has 3 N–H and O–H groups in total. The predicted molar refractivity (Wildman–Crippen MR) is 52.2 cm³/mol. The highest BCUT2D eigenvalue weighted by Gasteiger charge is 2.23. The Morgan fingerprint density at radius 2 is 2.19 bits per heavy atom. The summed E-state index contributed by atoms with van der Waals surface area (Å²) < 4.78 is 13.0. The van der Waals surface area contributed by atoms with Crippen LogP contribution in [0, 0.1) is 12.9 Å². The van der Waals surface area contributed by atoms with E-state index < -0.39 is 30.5 Å². The second kappa shape index (κ2) is 5.00. The Kier molecular flexibility index (Phi) is 3.92. The van der Waals surface area contributed by atoms with Gasteiger partial charge in [0, 0.05) is 11.8 Å². The average Bonchev–Trinajstić information content (AvgIpc) is 2.20. The highest BCUT2D eigenvalue weighted by Crippen LogP contribution is 2.22. The zero-order chi connectivity index (χ0) is 12.3. The fourth-order valence-corrected chi connectivity index (χ4v) is 1.34. The number of carboxylic acid groups (broad SMARTS) is 1. The lowest BCUT2D eigenvalue weighted by atomic mass is 9.99. The van der Waals surface area contributed by atoms with E-state index in [1.165, 1.54) is 13.0 Å². The van der Waals surface area contributed by atoms with E-state index >= 15 is 0 Å². The zero-order valence-electron chi connectivity index (χ0n) is 8.59. The van der Waals surface area contributed by atoms with Gasteiger partial charge in [-0.25, -0.2) is 4.98 Å². The SMILES string of the molecule is Cc1c(C(O)C(O)CC(=O)O)ccnc1F. The third-order valence-electron chi connectivity index (χ3n) is 2.25. The minimum absolute atomic E-state index is 0.0967. The number of nitrogens with zero attached hydrogens (tertiary/aromatic N) is 1. The molecular formula is C10H12FNO4. The van der Waals surface area contributed by atoms with Crippen LogP contribution in [0.15, 0.2) is 12.3 Å². The van der Waals surface area contributed by atoms with Gasteiger partial charge in [-0.2, -0.15) is 4.39 Å². The fraction of sp³-hybridized carbons (Fsp3) is 0.400. The highest BCUT2D eigenvalue weighted by atomic mass is 19.1. The van der Waals surface area contributed by atoms with Crippen molar-refractivity contribution in [3.05, 3.63) is 29.3 Å². The number of aromatic nitrogens is 1. The van der Waals surface area contributed by atoms with Gasteiger partial charge in [-0.15, -0.1) is 0 Å². The van der Waals surface area contributed by atoms with E-state index in [1.807, 2.05) is 0 Å². The minimum Gasteiger partial charge on any atom is -0.481 e. The topological polar surface area (TPSA) is 90.7 Å². The van der Waals surface area contributed by atoms with Gasteiger partial charge in [0.1, 0.15) is 6.10 Å². The Morgan fingerprint density at radius 3 is 2.75 bits per heavy atom. The smallest absolute Gasteiger partial charge is 0.306 e. The van der Waals surface area contributed by atoms with Crippen LogP contribution in [0.3, 0.4) is 0 Å². The highest BCUT2D eigenvalue weighted by molar-refractivity contribution is 5.67. The molecule has 2 atom stereocenters. The Balaban J connectivity index is 2.91. The van der Waals surface area contributed by atoms with E-state index in [0.29, 0.717) is 0 Å². The minimum atomic E-state index is -1.47. The summed E-state index contributed by atoms with van der Waals surface area (Å²) in [5.74, 6) is -1.99. The first-order valence-electron chi connectivity index (χ1n) is 4.62. The van der Waals surface area contributed by atoms with Crippen molar-refractivity contribution >= 4 is 5.97 Å². The van der Waals surface area contributed by atoms with Gasteiger partial charge in [-0.05, 0) is 18.6 Å². The zero-order valence-corrected chi connectivity index (χ0v) is 8.59. The summed E-state index contributed by atoms with van der Waals surface area (Å²) in [6.07, 6.45) is -2.37. The van der Waals surface area contributed by atoms with Crippen molar-refractivity contribution in [3.63, 3.8) is 0 Å². The number of pyridine rings is 1. The van der Waals surface area contributed by atoms with Gasteiger partial charge in [-0.3, -0.25) is 4.79 Å². The molecule has 0 spiro atoms. The number of aliphatic hydroxyl groups excluding tert-OH is 2. The largest absolute Gasteiger partial charge is 0.481 e. The molecule has 1 rings (SSSR count). The number of aliphatic hydroxyl groups is 2. The molecule has 2 unspecified atom stereocenters. The normalized spacial score (nSPS) is 14.5. The molecule has 0 aromatic carbocycles. The van der Waals surface area contributed by atoms with Gasteiger partial charge in [0.25, 0.3) is 0 Å². The van der Waals surface area contributed by atoms with E-state index in [4.69, 9.17) is 5.11 Å². The number of rotatable bonds is 4. The number of carboxylic acids is 1. The number of aliphatic carboxylic acids is 1. The molecule has 0 bridgehead atoms. The van der Waals surface area contributed by atoms with Gasteiger partial charge in [0.05, 0.1) is 12.5 Å². The summed E-state index contributed by atoms with van der Waals surface area (Å²) >= 11 is 0. The van der Waals surface area contributed by atoms with Crippen LogP contribution in [0.25, 0.3) is 0 Å². The summed E-state index contributed by atoms with van der Waals surface area (Å²) in [5.41, 5.74) is 0.237. The quantitative estimate of drug-likeness (QED) is 0.650. The summed E-state index contributed by atoms with van der Waals surface area (Å²) in [7, 11) is 0. The van der Waals surface area contributed by atoms with Crippen molar-refractivity contribution in [2.24, 2.45) is 0 Å². The monoisotopic (exact) mass is 229 g/mol. The molecule has 0 aliphatic carbocycles. The van der Waals surface area contributed by atoms with E-state index in [1.54, 1.807) is 0 Å². The number of carbonyl (C=O) groups is 1. The molecule has 0 amide bonds. The van der Waals surface area contributed by atoms with Crippen molar-refractivity contribution < 1.29 is 24.5 Å². The molecule has 5 nitrogen and oxygen atoms in total. The molecule has 0 aliphatic rings. The van der Waals surface area contributed by atoms with E-state index in [-0.39, 0.29) is 11.1 Å². The molecule has 0 saturated heterocycles. The number of hydrogen-bond donors (Lipinski definition) is 3. The summed E-state index contributed by atoms with van der Waals surface area (Å²) in [4.78, 5) is 13.7. The molecule has 0 radical (unpaired) electrons. The molecule has 88 valence electrons. The Hall–Kier alpha value is -1.53. The summed E-state index contributed by atoms with van der Waals surface area (Å²) in [5, 5.41) is 27.5. The Bertz CT molecular complexity index is 396. The van der Waals surface area contributed by atoms with Crippen molar-refractivity contribution in [1.29, 1.82) is 0 Å². The van der Waals surface area contributed by atoms with Crippen LogP contribution in [-0.4, -0.2) is 32.4 Å². The van der Waals surface area contributed by atoms with Crippen LogP contribution < -0.4 is 0 Å². The van der Waals surface area contributed by atoms with Crippen molar-refractivity contribution in [2.45, 2.75) is 25.6 Å². The second-order valence-corrected chi connectivity index (χ2v) is 3.43. The van der Waals surface area contributed by atoms with Crippen molar-refractivity contribution in [3.8, 4) is 0 Å². The summed E-state index contributed by atoms with van der Waals surface area (Å²) in [6.45, 7) is 1.40. The van der Waals surface area contributed by atoms with Gasteiger partial charge >= 0.3 is 5.97 Å². The lowest BCUT2D eigenvalue weighted by Crippen LogP contribution is -2.22. The van der Waals surface area contributed by atoms with Crippen molar-refractivity contribution in [2.75, 3.05) is 0 Å². The van der Waals surface area contributed by atoms with Crippen LogP contribution in [0.1, 0.15) is 23.7 Å². The second-order valence-electron chi connectivity index (χ2n) is 3.43. The molecule has 0 saturated carbocycles. The molecule has 0 fully saturated rings. The lowest BCUT2D eigenvalue weighted by Gasteiger charge is -2.18. The fourth-order valence-electron chi connectivity index (χ4n) is 1.34. The molecule has 1 aromatic heterocycles.